The second kappa shape index (κ2) is 5.58. The smallest absolute Gasteiger partial charge is 0.390 e. The number of nitrogen functional groups attached to an aromatic ring is 1. The highest BCUT2D eigenvalue weighted by Gasteiger charge is 2.37. The van der Waals surface area contributed by atoms with Crippen LogP contribution in [0.3, 0.4) is 0 Å². The molecule has 1 saturated heterocycles. The fourth-order valence-corrected chi connectivity index (χ4v) is 2.53. The summed E-state index contributed by atoms with van der Waals surface area (Å²) < 4.78 is 22.4. The van der Waals surface area contributed by atoms with Gasteiger partial charge in [-0.3, -0.25) is 4.57 Å². The Morgan fingerprint density at radius 2 is 2.33 bits per heavy atom. The molecule has 0 bridgehead atoms. The minimum absolute atomic E-state index is 0.173. The van der Waals surface area contributed by atoms with Gasteiger partial charge in [0.15, 0.2) is 11.5 Å². The number of anilines is 1. The van der Waals surface area contributed by atoms with E-state index < -0.39 is 26.7 Å². The van der Waals surface area contributed by atoms with Gasteiger partial charge in [-0.1, -0.05) is 0 Å². The van der Waals surface area contributed by atoms with Crippen molar-refractivity contribution < 1.29 is 23.8 Å². The van der Waals surface area contributed by atoms with E-state index >= 15 is 0 Å². The van der Waals surface area contributed by atoms with E-state index in [4.69, 9.17) is 15.4 Å². The molecule has 10 nitrogen and oxygen atoms in total. The van der Waals surface area contributed by atoms with Gasteiger partial charge in [-0.05, 0) is 0 Å². The number of hydrogen-bond donors (Lipinski definition) is 3. The van der Waals surface area contributed by atoms with E-state index in [0.717, 1.165) is 0 Å². The Morgan fingerprint density at radius 1 is 1.52 bits per heavy atom. The van der Waals surface area contributed by atoms with Gasteiger partial charge in [-0.2, -0.15) is 0 Å². The lowest BCUT2D eigenvalue weighted by atomic mass is 10.2. The van der Waals surface area contributed by atoms with Gasteiger partial charge in [0.2, 0.25) is 0 Å². The van der Waals surface area contributed by atoms with Crippen LogP contribution in [0.4, 0.5) is 5.82 Å². The minimum Gasteiger partial charge on any atom is -0.390 e. The standard InChI is InChI=1S/C10H12N5O5P/c11-9-8-10(13-3-12-9)15(4-14-8)7-1-5(16)6(20-7)2-19-21(17)18/h3-7,16H,1-2H2,(H2-,11,12,13,17,18)/p+1/t5?,6-,7-/m0/s1. The molecular formula is C10H13N5O5P+. The molecule has 0 saturated carbocycles. The fourth-order valence-electron chi connectivity index (χ4n) is 2.25. The molecule has 11 heteroatoms. The average molecular weight is 314 g/mol. The van der Waals surface area contributed by atoms with E-state index in [0.29, 0.717) is 11.2 Å². The first-order chi connectivity index (χ1) is 10.1. The monoisotopic (exact) mass is 314 g/mol. The highest BCUT2D eigenvalue weighted by molar-refractivity contribution is 7.32. The number of hydrogen-bond acceptors (Lipinski definition) is 8. The van der Waals surface area contributed by atoms with Crippen molar-refractivity contribution in [2.24, 2.45) is 0 Å². The summed E-state index contributed by atoms with van der Waals surface area (Å²) in [5.41, 5.74) is 6.65. The lowest BCUT2D eigenvalue weighted by Gasteiger charge is -2.13. The predicted molar refractivity (Wildman–Crippen MR) is 70.0 cm³/mol. The molecule has 0 amide bonds. The summed E-state index contributed by atoms with van der Waals surface area (Å²) >= 11 is 0. The van der Waals surface area contributed by atoms with E-state index in [-0.39, 0.29) is 18.8 Å². The molecule has 3 heterocycles. The van der Waals surface area contributed by atoms with Crippen LogP contribution in [0.15, 0.2) is 12.7 Å². The number of fused-ring (bicyclic) bond motifs is 1. The number of aromatic nitrogens is 4. The molecule has 2 unspecified atom stereocenters. The minimum atomic E-state index is -2.72. The van der Waals surface area contributed by atoms with Crippen LogP contribution in [0.1, 0.15) is 12.6 Å². The fraction of sp³-hybridized carbons (Fsp3) is 0.500. The second-order valence-electron chi connectivity index (χ2n) is 4.55. The first-order valence-corrected chi connectivity index (χ1v) is 7.25. The maximum Gasteiger partial charge on any atom is 0.694 e. The lowest BCUT2D eigenvalue weighted by Crippen LogP contribution is -2.25. The average Bonchev–Trinajstić information content (AvgIpc) is 3.01. The summed E-state index contributed by atoms with van der Waals surface area (Å²) in [5, 5.41) is 9.93. The largest absolute Gasteiger partial charge is 0.694 e. The molecule has 4 atom stereocenters. The van der Waals surface area contributed by atoms with Crippen molar-refractivity contribution in [2.75, 3.05) is 12.3 Å². The third-order valence-corrected chi connectivity index (χ3v) is 3.62. The van der Waals surface area contributed by atoms with Crippen LogP contribution in [-0.4, -0.2) is 48.3 Å². The second-order valence-corrected chi connectivity index (χ2v) is 5.28. The normalized spacial score (nSPS) is 26.4. The van der Waals surface area contributed by atoms with Crippen molar-refractivity contribution >= 4 is 25.2 Å². The van der Waals surface area contributed by atoms with Gasteiger partial charge < -0.3 is 15.6 Å². The van der Waals surface area contributed by atoms with Crippen LogP contribution < -0.4 is 5.73 Å². The van der Waals surface area contributed by atoms with Crippen molar-refractivity contribution in [3.05, 3.63) is 12.7 Å². The van der Waals surface area contributed by atoms with Crippen LogP contribution in [0.5, 0.6) is 0 Å². The van der Waals surface area contributed by atoms with E-state index in [1.165, 1.54) is 12.7 Å². The van der Waals surface area contributed by atoms with Crippen LogP contribution in [0, 0.1) is 0 Å². The summed E-state index contributed by atoms with van der Waals surface area (Å²) in [4.78, 5) is 20.7. The Balaban J connectivity index is 1.81. The van der Waals surface area contributed by atoms with Gasteiger partial charge in [-0.15, -0.1) is 9.42 Å². The Labute approximate surface area is 119 Å². The Kier molecular flexibility index (Phi) is 3.79. The Morgan fingerprint density at radius 3 is 3.10 bits per heavy atom. The zero-order valence-corrected chi connectivity index (χ0v) is 11.6. The number of rotatable bonds is 4. The summed E-state index contributed by atoms with van der Waals surface area (Å²) in [5.74, 6) is 0.259. The van der Waals surface area contributed by atoms with E-state index in [1.54, 1.807) is 4.57 Å². The summed E-state index contributed by atoms with van der Waals surface area (Å²) in [6.45, 7) is -0.173. The molecule has 21 heavy (non-hydrogen) atoms. The van der Waals surface area contributed by atoms with Crippen molar-refractivity contribution in [1.82, 2.24) is 19.5 Å². The molecule has 1 fully saturated rings. The molecule has 0 aromatic carbocycles. The SMILES string of the molecule is Nc1ncnc2c1ncn2[C@@H]1CC(O)[C@H](CO[P+](=O)O)O1. The van der Waals surface area contributed by atoms with Gasteiger partial charge in [0.25, 0.3) is 0 Å². The van der Waals surface area contributed by atoms with Crippen molar-refractivity contribution in [2.45, 2.75) is 24.9 Å². The number of nitrogens with zero attached hydrogens (tertiary/aromatic N) is 4. The molecule has 1 aliphatic heterocycles. The van der Waals surface area contributed by atoms with Crippen LogP contribution in [0.2, 0.25) is 0 Å². The summed E-state index contributed by atoms with van der Waals surface area (Å²) in [6.07, 6.45) is 1.08. The van der Waals surface area contributed by atoms with Gasteiger partial charge in [0, 0.05) is 11.0 Å². The van der Waals surface area contributed by atoms with Crippen LogP contribution >= 0.6 is 8.25 Å². The molecule has 112 valence electrons. The predicted octanol–water partition coefficient (Wildman–Crippen LogP) is -0.277. The first kappa shape index (κ1) is 14.2. The van der Waals surface area contributed by atoms with Crippen LogP contribution in [0.25, 0.3) is 11.2 Å². The first-order valence-electron chi connectivity index (χ1n) is 6.12. The molecule has 2 aromatic heterocycles. The zero-order chi connectivity index (χ0) is 15.0. The molecule has 0 aliphatic carbocycles. The molecule has 3 rings (SSSR count). The van der Waals surface area contributed by atoms with Gasteiger partial charge >= 0.3 is 8.25 Å². The van der Waals surface area contributed by atoms with E-state index in [9.17, 15) is 9.67 Å². The molecule has 0 spiro atoms. The summed E-state index contributed by atoms with van der Waals surface area (Å²) in [6, 6.07) is 0. The topological polar surface area (TPSA) is 146 Å². The zero-order valence-electron chi connectivity index (χ0n) is 10.7. The highest BCUT2D eigenvalue weighted by Crippen LogP contribution is 2.32. The number of ether oxygens (including phenoxy) is 1. The Hall–Kier alpha value is -1.71. The number of aliphatic hydroxyl groups is 1. The highest BCUT2D eigenvalue weighted by atomic mass is 31.1. The maximum atomic E-state index is 10.5. The van der Waals surface area contributed by atoms with Gasteiger partial charge in [-0.25, -0.2) is 15.0 Å². The molecule has 1 aliphatic rings. The molecule has 4 N–H and O–H groups in total. The third kappa shape index (κ3) is 2.71. The molecule has 0 radical (unpaired) electrons. The van der Waals surface area contributed by atoms with Crippen molar-refractivity contribution in [3.63, 3.8) is 0 Å². The van der Waals surface area contributed by atoms with Gasteiger partial charge in [0.1, 0.15) is 30.8 Å². The number of aliphatic hydroxyl groups excluding tert-OH is 1. The molecule has 2 aromatic rings. The molecular weight excluding hydrogens is 301 g/mol. The van der Waals surface area contributed by atoms with E-state index in [2.05, 4.69) is 19.5 Å². The Bertz CT molecular complexity index is 679. The van der Waals surface area contributed by atoms with Crippen molar-refractivity contribution in [3.8, 4) is 0 Å². The number of imidazole rings is 1. The van der Waals surface area contributed by atoms with Gasteiger partial charge in [0.05, 0.1) is 12.4 Å². The van der Waals surface area contributed by atoms with E-state index in [1.807, 2.05) is 0 Å². The maximum absolute atomic E-state index is 10.5. The summed E-state index contributed by atoms with van der Waals surface area (Å²) in [7, 11) is -2.72. The quantitative estimate of drug-likeness (QED) is 0.648. The van der Waals surface area contributed by atoms with Crippen LogP contribution in [-0.2, 0) is 13.8 Å². The lowest BCUT2D eigenvalue weighted by molar-refractivity contribution is -0.0384. The van der Waals surface area contributed by atoms with Crippen molar-refractivity contribution in [1.29, 1.82) is 0 Å². The number of nitrogens with two attached hydrogens (primary N) is 1. The third-order valence-electron chi connectivity index (χ3n) is 3.25.